The second-order valence-corrected chi connectivity index (χ2v) is 6.74. The highest BCUT2D eigenvalue weighted by atomic mass is 16.4. The number of aliphatic hydroxyl groups is 1. The molecule has 4 nitrogen and oxygen atoms in total. The number of aliphatic hydroxyl groups excluding tert-OH is 1. The molecule has 0 fully saturated rings. The Kier molecular flexibility index (Phi) is 10.3. The number of hydrogen-bond donors (Lipinski definition) is 2. The lowest BCUT2D eigenvalue weighted by molar-refractivity contribution is -0.137. The molecule has 2 N–H and O–H groups in total. The number of aliphatic carboxylic acids is 1. The average molecular weight is 336 g/mol. The first-order valence-corrected chi connectivity index (χ1v) is 9.34. The van der Waals surface area contributed by atoms with E-state index in [2.05, 4.69) is 6.92 Å². The van der Waals surface area contributed by atoms with Crippen LogP contribution in [0.5, 0.6) is 0 Å². The van der Waals surface area contributed by atoms with Crippen LogP contribution in [0.2, 0.25) is 0 Å². The summed E-state index contributed by atoms with van der Waals surface area (Å²) in [5.74, 6) is -0.482. The molecule has 136 valence electrons. The van der Waals surface area contributed by atoms with Crippen LogP contribution in [-0.4, -0.2) is 28.1 Å². The fraction of sp³-hybridized carbons (Fsp3) is 0.700. The predicted molar refractivity (Wildman–Crippen MR) is 95.8 cm³/mol. The van der Waals surface area contributed by atoms with Gasteiger partial charge in [-0.3, -0.25) is 9.59 Å². The van der Waals surface area contributed by atoms with Crippen molar-refractivity contribution in [1.29, 1.82) is 0 Å². The van der Waals surface area contributed by atoms with Gasteiger partial charge in [0.25, 0.3) is 0 Å². The van der Waals surface area contributed by atoms with Gasteiger partial charge >= 0.3 is 5.97 Å². The Morgan fingerprint density at radius 2 is 1.96 bits per heavy atom. The zero-order valence-corrected chi connectivity index (χ0v) is 14.8. The van der Waals surface area contributed by atoms with E-state index >= 15 is 0 Å². The van der Waals surface area contributed by atoms with Crippen LogP contribution in [0, 0.1) is 11.8 Å². The van der Waals surface area contributed by atoms with E-state index in [1.807, 2.05) is 18.2 Å². The molecule has 0 saturated carbocycles. The first-order chi connectivity index (χ1) is 11.5. The molecule has 0 aromatic rings. The average Bonchev–Trinajstić information content (AvgIpc) is 2.89. The van der Waals surface area contributed by atoms with Crippen LogP contribution in [0.25, 0.3) is 0 Å². The van der Waals surface area contributed by atoms with Crippen molar-refractivity contribution in [2.24, 2.45) is 11.8 Å². The van der Waals surface area contributed by atoms with Gasteiger partial charge in [0.05, 0.1) is 6.10 Å². The van der Waals surface area contributed by atoms with Gasteiger partial charge in [-0.15, -0.1) is 0 Å². The van der Waals surface area contributed by atoms with Gasteiger partial charge in [0.15, 0.2) is 5.78 Å². The smallest absolute Gasteiger partial charge is 0.303 e. The topological polar surface area (TPSA) is 74.6 Å². The Morgan fingerprint density at radius 3 is 2.67 bits per heavy atom. The zero-order valence-electron chi connectivity index (χ0n) is 14.8. The molecular weight excluding hydrogens is 304 g/mol. The second-order valence-electron chi connectivity index (χ2n) is 6.74. The van der Waals surface area contributed by atoms with Gasteiger partial charge in [0.1, 0.15) is 0 Å². The number of rotatable bonds is 13. The Hall–Kier alpha value is -1.42. The van der Waals surface area contributed by atoms with E-state index < -0.39 is 12.1 Å². The zero-order chi connectivity index (χ0) is 17.8. The third kappa shape index (κ3) is 8.44. The quantitative estimate of drug-likeness (QED) is 0.389. The summed E-state index contributed by atoms with van der Waals surface area (Å²) in [6, 6.07) is 0. The summed E-state index contributed by atoms with van der Waals surface area (Å²) < 4.78 is 0. The van der Waals surface area contributed by atoms with Gasteiger partial charge < -0.3 is 10.2 Å². The lowest BCUT2D eigenvalue weighted by atomic mass is 9.88. The summed E-state index contributed by atoms with van der Waals surface area (Å²) in [5.41, 5.74) is 0. The number of unbranched alkanes of at least 4 members (excludes halogenated alkanes) is 5. The van der Waals surface area contributed by atoms with Crippen LogP contribution in [0.4, 0.5) is 0 Å². The maximum atomic E-state index is 12.0. The van der Waals surface area contributed by atoms with Crippen LogP contribution in [0.1, 0.15) is 71.1 Å². The molecule has 0 aromatic heterocycles. The molecule has 4 heteroatoms. The lowest BCUT2D eigenvalue weighted by Crippen LogP contribution is -2.15. The minimum Gasteiger partial charge on any atom is -0.481 e. The van der Waals surface area contributed by atoms with Gasteiger partial charge in [0, 0.05) is 18.3 Å². The molecule has 1 rings (SSSR count). The minimum atomic E-state index is -0.743. The predicted octanol–water partition coefficient (Wildman–Crippen LogP) is 4.28. The molecule has 0 amide bonds. The molecule has 0 bridgehead atoms. The first kappa shape index (κ1) is 20.6. The summed E-state index contributed by atoms with van der Waals surface area (Å²) in [5, 5.41) is 18.6. The molecule has 0 aliphatic heterocycles. The maximum absolute atomic E-state index is 12.0. The molecule has 0 spiro atoms. The van der Waals surface area contributed by atoms with Crippen molar-refractivity contribution in [3.8, 4) is 0 Å². The Bertz CT molecular complexity index is 439. The maximum Gasteiger partial charge on any atom is 0.303 e. The SMILES string of the molecule is CCCCC[C@H](O)/C=C/[C@H]1C=CC(=O)C1CCCCCCC(=O)O. The summed E-state index contributed by atoms with van der Waals surface area (Å²) >= 11 is 0. The van der Waals surface area contributed by atoms with Crippen LogP contribution in [0.3, 0.4) is 0 Å². The van der Waals surface area contributed by atoms with Crippen molar-refractivity contribution in [3.05, 3.63) is 24.3 Å². The number of carboxylic acids is 1. The van der Waals surface area contributed by atoms with Crippen molar-refractivity contribution in [2.45, 2.75) is 77.2 Å². The molecule has 0 radical (unpaired) electrons. The fourth-order valence-corrected chi connectivity index (χ4v) is 3.14. The summed E-state index contributed by atoms with van der Waals surface area (Å²) in [6.07, 6.45) is 15.7. The molecule has 3 atom stereocenters. The van der Waals surface area contributed by atoms with E-state index in [1.54, 1.807) is 6.08 Å². The van der Waals surface area contributed by atoms with E-state index in [4.69, 9.17) is 5.11 Å². The van der Waals surface area contributed by atoms with Crippen molar-refractivity contribution in [2.75, 3.05) is 0 Å². The number of ketones is 1. The number of hydrogen-bond acceptors (Lipinski definition) is 3. The fourth-order valence-electron chi connectivity index (χ4n) is 3.14. The Balaban J connectivity index is 2.29. The Morgan fingerprint density at radius 1 is 1.21 bits per heavy atom. The van der Waals surface area contributed by atoms with Crippen LogP contribution in [-0.2, 0) is 9.59 Å². The third-order valence-electron chi connectivity index (χ3n) is 4.63. The summed E-state index contributed by atoms with van der Waals surface area (Å²) in [6.45, 7) is 2.14. The molecule has 1 unspecified atom stereocenters. The van der Waals surface area contributed by atoms with E-state index in [0.717, 1.165) is 51.4 Å². The number of carboxylic acid groups (broad SMARTS) is 1. The van der Waals surface area contributed by atoms with Gasteiger partial charge in [0.2, 0.25) is 0 Å². The molecule has 1 aliphatic rings. The highest BCUT2D eigenvalue weighted by Gasteiger charge is 2.27. The van der Waals surface area contributed by atoms with Crippen molar-refractivity contribution in [1.82, 2.24) is 0 Å². The molecule has 0 heterocycles. The van der Waals surface area contributed by atoms with Crippen LogP contribution >= 0.6 is 0 Å². The van der Waals surface area contributed by atoms with Gasteiger partial charge in [-0.05, 0) is 25.3 Å². The lowest BCUT2D eigenvalue weighted by Gasteiger charge is -2.15. The van der Waals surface area contributed by atoms with E-state index in [9.17, 15) is 14.7 Å². The van der Waals surface area contributed by atoms with E-state index in [1.165, 1.54) is 0 Å². The van der Waals surface area contributed by atoms with Crippen molar-refractivity contribution in [3.63, 3.8) is 0 Å². The molecule has 1 aliphatic carbocycles. The highest BCUT2D eigenvalue weighted by Crippen LogP contribution is 2.29. The van der Waals surface area contributed by atoms with Gasteiger partial charge in [-0.25, -0.2) is 0 Å². The molecule has 0 aromatic carbocycles. The van der Waals surface area contributed by atoms with Crippen LogP contribution < -0.4 is 0 Å². The molecule has 0 saturated heterocycles. The largest absolute Gasteiger partial charge is 0.481 e. The minimum absolute atomic E-state index is 0.0106. The Labute approximate surface area is 145 Å². The standard InChI is InChI=1S/C20H32O4/c1-2-3-6-9-17(21)14-12-16-13-15-19(22)18(16)10-7-4-5-8-11-20(23)24/h12-18,21H,2-11H2,1H3,(H,23,24)/b14-12+/t16-,17-,18?/m0/s1. The number of allylic oxidation sites excluding steroid dienone is 3. The normalized spacial score (nSPS) is 21.7. The first-order valence-electron chi connectivity index (χ1n) is 9.34. The highest BCUT2D eigenvalue weighted by molar-refractivity contribution is 5.94. The van der Waals surface area contributed by atoms with Crippen LogP contribution in [0.15, 0.2) is 24.3 Å². The van der Waals surface area contributed by atoms with Crippen molar-refractivity contribution >= 4 is 11.8 Å². The summed E-state index contributed by atoms with van der Waals surface area (Å²) in [7, 11) is 0. The van der Waals surface area contributed by atoms with Crippen molar-refractivity contribution < 1.29 is 19.8 Å². The second kappa shape index (κ2) is 12.0. The van der Waals surface area contributed by atoms with Gasteiger partial charge in [-0.1, -0.05) is 63.7 Å². The number of carbonyl (C=O) groups is 2. The molecular formula is C20H32O4. The van der Waals surface area contributed by atoms with E-state index in [-0.39, 0.29) is 24.0 Å². The van der Waals surface area contributed by atoms with E-state index in [0.29, 0.717) is 6.42 Å². The monoisotopic (exact) mass is 336 g/mol. The third-order valence-corrected chi connectivity index (χ3v) is 4.63. The number of carbonyl (C=O) groups excluding carboxylic acids is 1. The summed E-state index contributed by atoms with van der Waals surface area (Å²) in [4.78, 5) is 22.4. The van der Waals surface area contributed by atoms with Gasteiger partial charge in [-0.2, -0.15) is 0 Å². The molecule has 24 heavy (non-hydrogen) atoms.